The van der Waals surface area contributed by atoms with E-state index in [0.29, 0.717) is 15.6 Å². The molecule has 16 heavy (non-hydrogen) atoms. The number of aromatic nitrogens is 1. The molecule has 3 heteroatoms. The molecule has 0 aliphatic heterocycles. The van der Waals surface area contributed by atoms with Gasteiger partial charge in [0.1, 0.15) is 0 Å². The molecule has 1 heterocycles. The molecule has 0 spiro atoms. The summed E-state index contributed by atoms with van der Waals surface area (Å²) in [6.45, 7) is 1.53. The van der Waals surface area contributed by atoms with Crippen LogP contribution in [0.1, 0.15) is 21.6 Å². The SMILES string of the molecule is C#Cc1nc(-c2ccccc2)c(C(C)=O)s1. The zero-order chi connectivity index (χ0) is 11.5. The zero-order valence-electron chi connectivity index (χ0n) is 8.73. The molecule has 0 aliphatic rings. The summed E-state index contributed by atoms with van der Waals surface area (Å²) in [5, 5.41) is 0.545. The molecule has 1 aromatic heterocycles. The van der Waals surface area contributed by atoms with E-state index in [9.17, 15) is 4.79 Å². The molecule has 0 bridgehead atoms. The highest BCUT2D eigenvalue weighted by atomic mass is 32.1. The number of thiazole rings is 1. The van der Waals surface area contributed by atoms with Crippen LogP contribution in [0.4, 0.5) is 0 Å². The van der Waals surface area contributed by atoms with E-state index < -0.39 is 0 Å². The summed E-state index contributed by atoms with van der Waals surface area (Å²) in [5.41, 5.74) is 1.61. The van der Waals surface area contributed by atoms with Crippen LogP contribution in [0, 0.1) is 12.3 Å². The number of rotatable bonds is 2. The molecule has 2 rings (SSSR count). The van der Waals surface area contributed by atoms with E-state index in [4.69, 9.17) is 6.42 Å². The van der Waals surface area contributed by atoms with Crippen LogP contribution >= 0.6 is 11.3 Å². The second-order valence-corrected chi connectivity index (χ2v) is 4.26. The normalized spacial score (nSPS) is 9.75. The van der Waals surface area contributed by atoms with E-state index in [2.05, 4.69) is 10.9 Å². The minimum atomic E-state index is -0.00199. The molecule has 0 saturated heterocycles. The Balaban J connectivity index is 2.61. The summed E-state index contributed by atoms with van der Waals surface area (Å²) in [6, 6.07) is 9.58. The van der Waals surface area contributed by atoms with Gasteiger partial charge in [0.05, 0.1) is 10.6 Å². The van der Waals surface area contributed by atoms with Crippen LogP contribution < -0.4 is 0 Å². The van der Waals surface area contributed by atoms with Crippen LogP contribution in [0.2, 0.25) is 0 Å². The van der Waals surface area contributed by atoms with Gasteiger partial charge in [-0.1, -0.05) is 30.3 Å². The van der Waals surface area contributed by atoms with Gasteiger partial charge >= 0.3 is 0 Å². The molecule has 0 fully saturated rings. The highest BCUT2D eigenvalue weighted by molar-refractivity contribution is 7.14. The van der Waals surface area contributed by atoms with Gasteiger partial charge in [-0.15, -0.1) is 17.8 Å². The Morgan fingerprint density at radius 3 is 2.62 bits per heavy atom. The number of hydrogen-bond donors (Lipinski definition) is 0. The van der Waals surface area contributed by atoms with Crippen molar-refractivity contribution in [1.82, 2.24) is 4.98 Å². The topological polar surface area (TPSA) is 30.0 Å². The minimum absolute atomic E-state index is 0.00199. The molecule has 2 nitrogen and oxygen atoms in total. The van der Waals surface area contributed by atoms with Gasteiger partial charge in [-0.25, -0.2) is 4.98 Å². The molecule has 0 aliphatic carbocycles. The minimum Gasteiger partial charge on any atom is -0.294 e. The summed E-state index contributed by atoms with van der Waals surface area (Å²) in [7, 11) is 0. The molecular weight excluding hydrogens is 218 g/mol. The van der Waals surface area contributed by atoms with E-state index in [1.807, 2.05) is 30.3 Å². The van der Waals surface area contributed by atoms with Crippen molar-refractivity contribution in [2.75, 3.05) is 0 Å². The Bertz CT molecular complexity index is 563. The fourth-order valence-electron chi connectivity index (χ4n) is 1.41. The number of Topliss-reactive ketones (excluding diaryl/α,β-unsaturated/α-hetero) is 1. The van der Waals surface area contributed by atoms with E-state index in [1.54, 1.807) is 0 Å². The predicted octanol–water partition coefficient (Wildman–Crippen LogP) is 2.99. The molecular formula is C13H9NOS. The van der Waals surface area contributed by atoms with Gasteiger partial charge in [0, 0.05) is 12.5 Å². The number of terminal acetylenes is 1. The molecule has 0 atom stereocenters. The first-order valence-electron chi connectivity index (χ1n) is 4.76. The zero-order valence-corrected chi connectivity index (χ0v) is 9.54. The Hall–Kier alpha value is -1.92. The number of carbonyl (C=O) groups is 1. The van der Waals surface area contributed by atoms with Crippen molar-refractivity contribution in [3.63, 3.8) is 0 Å². The Morgan fingerprint density at radius 2 is 2.06 bits per heavy atom. The molecule has 2 aromatic rings. The molecule has 0 radical (unpaired) electrons. The fraction of sp³-hybridized carbons (Fsp3) is 0.0769. The maximum Gasteiger partial charge on any atom is 0.172 e. The second-order valence-electron chi connectivity index (χ2n) is 3.26. The fourth-order valence-corrected chi connectivity index (χ4v) is 2.21. The van der Waals surface area contributed by atoms with Crippen molar-refractivity contribution in [1.29, 1.82) is 0 Å². The van der Waals surface area contributed by atoms with Crippen molar-refractivity contribution in [2.24, 2.45) is 0 Å². The van der Waals surface area contributed by atoms with Gasteiger partial charge in [-0.2, -0.15) is 0 Å². The number of carbonyl (C=O) groups excluding carboxylic acids is 1. The highest BCUT2D eigenvalue weighted by Gasteiger charge is 2.15. The molecule has 0 unspecified atom stereocenters. The van der Waals surface area contributed by atoms with Crippen molar-refractivity contribution in [3.05, 3.63) is 40.2 Å². The first kappa shape index (κ1) is 10.6. The van der Waals surface area contributed by atoms with Crippen LogP contribution in [0.25, 0.3) is 11.3 Å². The van der Waals surface area contributed by atoms with Gasteiger partial charge in [0.15, 0.2) is 10.8 Å². The van der Waals surface area contributed by atoms with Gasteiger partial charge < -0.3 is 0 Å². The maximum absolute atomic E-state index is 11.5. The largest absolute Gasteiger partial charge is 0.294 e. The van der Waals surface area contributed by atoms with Gasteiger partial charge in [-0.05, 0) is 5.92 Å². The van der Waals surface area contributed by atoms with Gasteiger partial charge in [-0.3, -0.25) is 4.79 Å². The molecule has 78 valence electrons. The lowest BCUT2D eigenvalue weighted by Crippen LogP contribution is -1.91. The quantitative estimate of drug-likeness (QED) is 0.583. The van der Waals surface area contributed by atoms with E-state index >= 15 is 0 Å². The van der Waals surface area contributed by atoms with Gasteiger partial charge in [0.25, 0.3) is 0 Å². The molecule has 0 N–H and O–H groups in total. The van der Waals surface area contributed by atoms with Crippen LogP contribution in [-0.4, -0.2) is 10.8 Å². The summed E-state index contributed by atoms with van der Waals surface area (Å²) in [5.74, 6) is 2.47. The predicted molar refractivity (Wildman–Crippen MR) is 65.5 cm³/mol. The van der Waals surface area contributed by atoms with E-state index in [1.165, 1.54) is 18.3 Å². The summed E-state index contributed by atoms with van der Waals surface area (Å²) >= 11 is 1.27. The average Bonchev–Trinajstić information content (AvgIpc) is 2.74. The Morgan fingerprint density at radius 1 is 1.38 bits per heavy atom. The summed E-state index contributed by atoms with van der Waals surface area (Å²) in [6.07, 6.45) is 5.30. The average molecular weight is 227 g/mol. The van der Waals surface area contributed by atoms with Gasteiger partial charge in [0.2, 0.25) is 0 Å². The van der Waals surface area contributed by atoms with Crippen LogP contribution in [-0.2, 0) is 0 Å². The van der Waals surface area contributed by atoms with Crippen molar-refractivity contribution >= 4 is 17.1 Å². The van der Waals surface area contributed by atoms with Crippen LogP contribution in [0.15, 0.2) is 30.3 Å². The Labute approximate surface area is 98.0 Å². The third kappa shape index (κ3) is 1.88. The van der Waals surface area contributed by atoms with Crippen molar-refractivity contribution < 1.29 is 4.79 Å². The van der Waals surface area contributed by atoms with E-state index in [0.717, 1.165) is 5.56 Å². The van der Waals surface area contributed by atoms with E-state index in [-0.39, 0.29) is 5.78 Å². The summed E-state index contributed by atoms with van der Waals surface area (Å²) < 4.78 is 0. The molecule has 1 aromatic carbocycles. The maximum atomic E-state index is 11.5. The highest BCUT2D eigenvalue weighted by Crippen LogP contribution is 2.28. The third-order valence-corrected chi connectivity index (χ3v) is 3.21. The molecule has 0 saturated carbocycles. The van der Waals surface area contributed by atoms with Crippen molar-refractivity contribution in [2.45, 2.75) is 6.92 Å². The second kappa shape index (κ2) is 4.30. The number of ketones is 1. The lowest BCUT2D eigenvalue weighted by molar-refractivity contribution is 0.102. The smallest absolute Gasteiger partial charge is 0.172 e. The third-order valence-electron chi connectivity index (χ3n) is 2.12. The molecule has 0 amide bonds. The lowest BCUT2D eigenvalue weighted by Gasteiger charge is -1.97. The first-order valence-corrected chi connectivity index (χ1v) is 5.58. The lowest BCUT2D eigenvalue weighted by atomic mass is 10.1. The standard InChI is InChI=1S/C13H9NOS/c1-3-11-14-12(13(16-11)9(2)15)10-7-5-4-6-8-10/h1,4-8H,2H3. The number of benzene rings is 1. The Kier molecular flexibility index (Phi) is 2.84. The monoisotopic (exact) mass is 227 g/mol. The first-order chi connectivity index (χ1) is 7.72. The van der Waals surface area contributed by atoms with Crippen molar-refractivity contribution in [3.8, 4) is 23.6 Å². The number of hydrogen-bond acceptors (Lipinski definition) is 3. The van der Waals surface area contributed by atoms with Crippen LogP contribution in [0.3, 0.4) is 0 Å². The van der Waals surface area contributed by atoms with Crippen LogP contribution in [0.5, 0.6) is 0 Å². The number of nitrogens with zero attached hydrogens (tertiary/aromatic N) is 1. The summed E-state index contributed by atoms with van der Waals surface area (Å²) in [4.78, 5) is 16.4.